The van der Waals surface area contributed by atoms with Crippen LogP contribution in [0.4, 0.5) is 10.1 Å². The number of carbonyl (C=O) groups excluding carboxylic acids is 1. The zero-order valence-electron chi connectivity index (χ0n) is 20.5. The monoisotopic (exact) mass is 521 g/mol. The van der Waals surface area contributed by atoms with E-state index in [-0.39, 0.29) is 27.6 Å². The molecule has 1 aromatic heterocycles. The van der Waals surface area contributed by atoms with E-state index in [1.807, 2.05) is 25.2 Å². The molecule has 0 aliphatic carbocycles. The Bertz CT molecular complexity index is 1470. The molecule has 0 radical (unpaired) electrons. The Hall–Kier alpha value is -3.89. The van der Waals surface area contributed by atoms with Crippen molar-refractivity contribution in [2.45, 2.75) is 11.8 Å². The number of sulfonamides is 1. The number of aliphatic imine (C=N–C) groups is 1. The van der Waals surface area contributed by atoms with Crippen LogP contribution in [-0.2, 0) is 10.0 Å². The van der Waals surface area contributed by atoms with Crippen molar-refractivity contribution in [3.63, 3.8) is 0 Å². The largest absolute Gasteiger partial charge is 0.336 e. The van der Waals surface area contributed by atoms with Gasteiger partial charge in [-0.25, -0.2) is 12.8 Å². The molecule has 1 N–H and O–H groups in total. The molecule has 37 heavy (non-hydrogen) atoms. The normalized spacial score (nSPS) is 15.3. The van der Waals surface area contributed by atoms with E-state index in [0.717, 1.165) is 11.8 Å². The quantitative estimate of drug-likeness (QED) is 0.356. The molecule has 192 valence electrons. The number of piperazine rings is 1. The number of benzene rings is 2. The number of pyridine rings is 1. The van der Waals surface area contributed by atoms with Crippen molar-refractivity contribution in [3.05, 3.63) is 90.0 Å². The highest BCUT2D eigenvalue weighted by molar-refractivity contribution is 7.93. The summed E-state index contributed by atoms with van der Waals surface area (Å²) in [5.74, 6) is -1.14. The van der Waals surface area contributed by atoms with Crippen LogP contribution in [0.2, 0.25) is 0 Å². The third-order valence-corrected chi connectivity index (χ3v) is 7.47. The third-order valence-electron chi connectivity index (χ3n) is 6.07. The van der Waals surface area contributed by atoms with Crippen LogP contribution in [0.15, 0.2) is 88.5 Å². The zero-order valence-corrected chi connectivity index (χ0v) is 21.3. The molecular weight excluding hydrogens is 493 g/mol. The van der Waals surface area contributed by atoms with Gasteiger partial charge in [0, 0.05) is 49.9 Å². The van der Waals surface area contributed by atoms with Gasteiger partial charge in [0.15, 0.2) is 0 Å². The van der Waals surface area contributed by atoms with Gasteiger partial charge in [0.1, 0.15) is 10.7 Å². The number of aromatic nitrogens is 1. The number of hydrogen-bond acceptors (Lipinski definition) is 6. The number of hydrogen-bond donors (Lipinski definition) is 1. The second-order valence-electron chi connectivity index (χ2n) is 8.54. The number of para-hydroxylation sites is 1. The minimum absolute atomic E-state index is 0.0570. The van der Waals surface area contributed by atoms with E-state index in [1.165, 1.54) is 24.4 Å². The Labute approximate surface area is 215 Å². The second-order valence-corrected chi connectivity index (χ2v) is 10.2. The maximum Gasteiger partial charge on any atom is 0.264 e. The van der Waals surface area contributed by atoms with E-state index in [1.54, 1.807) is 29.2 Å². The van der Waals surface area contributed by atoms with Crippen molar-refractivity contribution in [1.82, 2.24) is 14.8 Å². The Kier molecular flexibility index (Phi) is 8.10. The van der Waals surface area contributed by atoms with Gasteiger partial charge >= 0.3 is 0 Å². The van der Waals surface area contributed by atoms with Crippen LogP contribution in [-0.4, -0.2) is 68.6 Å². The lowest BCUT2D eigenvalue weighted by Crippen LogP contribution is -2.49. The van der Waals surface area contributed by atoms with Gasteiger partial charge in [0.05, 0.1) is 16.9 Å². The van der Waals surface area contributed by atoms with Gasteiger partial charge in [-0.05, 0) is 50.0 Å². The molecule has 2 heterocycles. The average molecular weight is 522 g/mol. The SMILES string of the molecule is C=N/C(=C\C=C/C)CN1CCN(C(=O)c2ccc(NS(=O)(=O)c3cccc4cccnc34)c(F)c2)CC1. The first-order valence-electron chi connectivity index (χ1n) is 11.8. The van der Waals surface area contributed by atoms with Gasteiger partial charge in [-0.3, -0.25) is 24.4 Å². The highest BCUT2D eigenvalue weighted by Crippen LogP contribution is 2.25. The molecular formula is C27H28FN5O3S. The number of rotatable bonds is 8. The fraction of sp³-hybridized carbons (Fsp3) is 0.222. The van der Waals surface area contributed by atoms with Gasteiger partial charge in [0.25, 0.3) is 15.9 Å². The molecule has 1 aliphatic heterocycles. The van der Waals surface area contributed by atoms with E-state index >= 15 is 0 Å². The maximum atomic E-state index is 14.9. The minimum Gasteiger partial charge on any atom is -0.336 e. The summed E-state index contributed by atoms with van der Waals surface area (Å²) in [5.41, 5.74) is 1.04. The van der Waals surface area contributed by atoms with Crippen LogP contribution in [0.1, 0.15) is 17.3 Å². The Balaban J connectivity index is 1.43. The standard InChI is InChI=1S/C27H28FN5O3S/c1-3-4-9-22(29-2)19-32-14-16-33(17-15-32)27(34)21-11-12-24(23(28)18-21)31-37(35,36)25-10-5-7-20-8-6-13-30-26(20)25/h3-13,18,31H,2,14-17,19H2,1H3/b4-3-,22-9-. The van der Waals surface area contributed by atoms with E-state index in [4.69, 9.17) is 0 Å². The predicted molar refractivity (Wildman–Crippen MR) is 144 cm³/mol. The van der Waals surface area contributed by atoms with Gasteiger partial charge in [-0.1, -0.05) is 30.4 Å². The molecule has 1 aliphatic rings. The van der Waals surface area contributed by atoms with Gasteiger partial charge in [-0.2, -0.15) is 0 Å². The zero-order chi connectivity index (χ0) is 26.4. The molecule has 3 aromatic rings. The summed E-state index contributed by atoms with van der Waals surface area (Å²) in [7, 11) is -4.11. The summed E-state index contributed by atoms with van der Waals surface area (Å²) < 4.78 is 43.2. The lowest BCUT2D eigenvalue weighted by atomic mass is 10.1. The number of carbonyl (C=O) groups is 1. The summed E-state index contributed by atoms with van der Waals surface area (Å²) in [6.07, 6.45) is 7.22. The molecule has 10 heteroatoms. The number of nitrogens with zero attached hydrogens (tertiary/aromatic N) is 4. The maximum absolute atomic E-state index is 14.9. The Morgan fingerprint density at radius 2 is 1.92 bits per heavy atom. The van der Waals surface area contributed by atoms with Gasteiger partial charge in [-0.15, -0.1) is 0 Å². The first-order chi connectivity index (χ1) is 17.8. The minimum atomic E-state index is -4.11. The summed E-state index contributed by atoms with van der Waals surface area (Å²) in [4.78, 5) is 25.0. The summed E-state index contributed by atoms with van der Waals surface area (Å²) in [6.45, 7) is 8.42. The van der Waals surface area contributed by atoms with Crippen LogP contribution >= 0.6 is 0 Å². The molecule has 0 saturated carbocycles. The van der Waals surface area contributed by atoms with Crippen molar-refractivity contribution in [1.29, 1.82) is 0 Å². The summed E-state index contributed by atoms with van der Waals surface area (Å²) >= 11 is 0. The summed E-state index contributed by atoms with van der Waals surface area (Å²) in [6, 6.07) is 12.0. The fourth-order valence-electron chi connectivity index (χ4n) is 4.11. The second kappa shape index (κ2) is 11.4. The number of amides is 1. The molecule has 1 saturated heterocycles. The highest BCUT2D eigenvalue weighted by Gasteiger charge is 2.24. The van der Waals surface area contributed by atoms with Crippen molar-refractivity contribution in [2.75, 3.05) is 37.4 Å². The van der Waals surface area contributed by atoms with Gasteiger partial charge in [0.2, 0.25) is 0 Å². The predicted octanol–water partition coefficient (Wildman–Crippen LogP) is 4.09. The van der Waals surface area contributed by atoms with Crippen molar-refractivity contribution in [3.8, 4) is 0 Å². The van der Waals surface area contributed by atoms with E-state index in [0.29, 0.717) is 38.1 Å². The number of halogens is 1. The molecule has 8 nitrogen and oxygen atoms in total. The number of allylic oxidation sites excluding steroid dienone is 3. The molecule has 0 unspecified atom stereocenters. The van der Waals surface area contributed by atoms with E-state index in [2.05, 4.69) is 26.3 Å². The van der Waals surface area contributed by atoms with Crippen LogP contribution < -0.4 is 4.72 Å². The third kappa shape index (κ3) is 6.10. The van der Waals surface area contributed by atoms with Crippen molar-refractivity contribution < 1.29 is 17.6 Å². The highest BCUT2D eigenvalue weighted by atomic mass is 32.2. The number of fused-ring (bicyclic) bond motifs is 1. The number of nitrogens with one attached hydrogen (secondary N) is 1. The van der Waals surface area contributed by atoms with Crippen LogP contribution in [0, 0.1) is 5.82 Å². The molecule has 0 spiro atoms. The van der Waals surface area contributed by atoms with Crippen molar-refractivity contribution >= 4 is 39.2 Å². The van der Waals surface area contributed by atoms with E-state index < -0.39 is 15.8 Å². The van der Waals surface area contributed by atoms with Gasteiger partial charge < -0.3 is 4.90 Å². The Morgan fingerprint density at radius 1 is 1.16 bits per heavy atom. The number of anilines is 1. The molecule has 2 aromatic carbocycles. The lowest BCUT2D eigenvalue weighted by molar-refractivity contribution is 0.0647. The molecule has 4 rings (SSSR count). The Morgan fingerprint density at radius 3 is 2.62 bits per heavy atom. The smallest absolute Gasteiger partial charge is 0.264 e. The van der Waals surface area contributed by atoms with Crippen LogP contribution in [0.25, 0.3) is 10.9 Å². The molecule has 0 bridgehead atoms. The van der Waals surface area contributed by atoms with Crippen molar-refractivity contribution in [2.24, 2.45) is 4.99 Å². The topological polar surface area (TPSA) is 95.0 Å². The first kappa shape index (κ1) is 26.2. The molecule has 1 fully saturated rings. The first-order valence-corrected chi connectivity index (χ1v) is 13.3. The van der Waals surface area contributed by atoms with E-state index in [9.17, 15) is 17.6 Å². The lowest BCUT2D eigenvalue weighted by Gasteiger charge is -2.34. The molecule has 1 amide bonds. The average Bonchev–Trinajstić information content (AvgIpc) is 2.91. The fourth-order valence-corrected chi connectivity index (χ4v) is 5.36. The van der Waals surface area contributed by atoms with Crippen LogP contribution in [0.5, 0.6) is 0 Å². The summed E-state index contributed by atoms with van der Waals surface area (Å²) in [5, 5.41) is 0.651. The molecule has 0 atom stereocenters. The van der Waals surface area contributed by atoms with Crippen LogP contribution in [0.3, 0.4) is 0 Å².